The van der Waals surface area contributed by atoms with Crippen LogP contribution in [-0.4, -0.2) is 32.7 Å². The minimum atomic E-state index is -0.129. The number of halogens is 1. The van der Waals surface area contributed by atoms with Gasteiger partial charge < -0.3 is 15.1 Å². The van der Waals surface area contributed by atoms with E-state index < -0.39 is 0 Å². The number of tetrazole rings is 1. The lowest BCUT2D eigenvalue weighted by atomic mass is 10.2. The molecule has 1 aliphatic rings. The molecule has 162 valence electrons. The molecule has 2 aromatic heterocycles. The summed E-state index contributed by atoms with van der Waals surface area (Å²) in [6.45, 7) is 0.473. The summed E-state index contributed by atoms with van der Waals surface area (Å²) < 4.78 is 7.68. The van der Waals surface area contributed by atoms with Crippen molar-refractivity contribution in [2.75, 3.05) is 11.9 Å². The van der Waals surface area contributed by atoms with Crippen LogP contribution in [0.4, 0.5) is 5.69 Å². The Kier molecular flexibility index (Phi) is 5.60. The van der Waals surface area contributed by atoms with Gasteiger partial charge in [-0.05, 0) is 83.9 Å². The third-order valence-corrected chi connectivity index (χ3v) is 5.48. The first-order valence-corrected chi connectivity index (χ1v) is 10.8. The summed E-state index contributed by atoms with van der Waals surface area (Å²) in [5.41, 5.74) is 2.73. The summed E-state index contributed by atoms with van der Waals surface area (Å²) in [7, 11) is 0. The van der Waals surface area contributed by atoms with Gasteiger partial charge in [0, 0.05) is 21.8 Å². The van der Waals surface area contributed by atoms with Crippen molar-refractivity contribution in [2.24, 2.45) is 0 Å². The molecule has 0 spiro atoms. The molecule has 2 heterocycles. The molecule has 1 aliphatic carbocycles. The van der Waals surface area contributed by atoms with Gasteiger partial charge >= 0.3 is 0 Å². The van der Waals surface area contributed by atoms with Crippen molar-refractivity contribution >= 4 is 23.2 Å². The van der Waals surface area contributed by atoms with E-state index in [2.05, 4.69) is 26.2 Å². The molecule has 5 rings (SSSR count). The first-order chi connectivity index (χ1) is 15.7. The van der Waals surface area contributed by atoms with Gasteiger partial charge in [-0.15, -0.1) is 5.10 Å². The molecule has 0 bridgehead atoms. The fraction of sp³-hybridized carbons (Fsp3) is 0.217. The second kappa shape index (κ2) is 8.84. The van der Waals surface area contributed by atoms with Gasteiger partial charge in [0.05, 0.1) is 19.1 Å². The lowest BCUT2D eigenvalue weighted by Crippen LogP contribution is -2.29. The second-order valence-corrected chi connectivity index (χ2v) is 8.10. The van der Waals surface area contributed by atoms with Crippen molar-refractivity contribution in [1.82, 2.24) is 25.5 Å². The van der Waals surface area contributed by atoms with Gasteiger partial charge in [-0.2, -0.15) is 0 Å². The largest absolute Gasteiger partial charge is 0.459 e. The number of nitrogens with zero attached hydrogens (tertiary/aromatic N) is 4. The molecular weight excluding hydrogens is 428 g/mol. The van der Waals surface area contributed by atoms with Crippen LogP contribution in [0, 0.1) is 0 Å². The predicted molar refractivity (Wildman–Crippen MR) is 121 cm³/mol. The van der Waals surface area contributed by atoms with Crippen molar-refractivity contribution in [2.45, 2.75) is 25.4 Å². The lowest BCUT2D eigenvalue weighted by molar-refractivity contribution is -0.119. The number of rotatable bonds is 8. The van der Waals surface area contributed by atoms with Crippen LogP contribution >= 0.6 is 11.6 Å². The number of benzene rings is 2. The molecule has 8 nitrogen and oxygen atoms in total. The molecule has 1 amide bonds. The van der Waals surface area contributed by atoms with Crippen LogP contribution in [0.25, 0.3) is 22.7 Å². The average molecular weight is 449 g/mol. The Bertz CT molecular complexity index is 1210. The highest BCUT2D eigenvalue weighted by Gasteiger charge is 2.28. The van der Waals surface area contributed by atoms with Gasteiger partial charge in [0.2, 0.25) is 5.91 Å². The van der Waals surface area contributed by atoms with Gasteiger partial charge in [-0.3, -0.25) is 4.79 Å². The van der Waals surface area contributed by atoms with Crippen molar-refractivity contribution in [3.05, 3.63) is 71.4 Å². The maximum absolute atomic E-state index is 12.2. The minimum Gasteiger partial charge on any atom is -0.459 e. The SMILES string of the molecule is O=C(CNc1ccc(-c2nnnn2C2CC2)cc1)NCc1ccc(-c2ccc(Cl)cc2)o1. The van der Waals surface area contributed by atoms with Gasteiger partial charge in [-0.1, -0.05) is 11.6 Å². The summed E-state index contributed by atoms with van der Waals surface area (Å²) in [4.78, 5) is 12.2. The van der Waals surface area contributed by atoms with Crippen LogP contribution in [0.5, 0.6) is 0 Å². The van der Waals surface area contributed by atoms with Crippen LogP contribution in [0.15, 0.2) is 65.1 Å². The van der Waals surface area contributed by atoms with Crippen molar-refractivity contribution in [3.8, 4) is 22.7 Å². The van der Waals surface area contributed by atoms with Crippen molar-refractivity contribution in [1.29, 1.82) is 0 Å². The Balaban J connectivity index is 1.11. The molecule has 0 aliphatic heterocycles. The smallest absolute Gasteiger partial charge is 0.239 e. The van der Waals surface area contributed by atoms with Crippen LogP contribution in [0.3, 0.4) is 0 Å². The van der Waals surface area contributed by atoms with Crippen LogP contribution in [-0.2, 0) is 11.3 Å². The second-order valence-electron chi connectivity index (χ2n) is 7.66. The van der Waals surface area contributed by atoms with Crippen LogP contribution < -0.4 is 10.6 Å². The number of carbonyl (C=O) groups is 1. The molecule has 9 heteroatoms. The molecule has 32 heavy (non-hydrogen) atoms. The number of aromatic nitrogens is 4. The zero-order chi connectivity index (χ0) is 21.9. The molecule has 2 N–H and O–H groups in total. The number of furan rings is 1. The minimum absolute atomic E-state index is 0.129. The summed E-state index contributed by atoms with van der Waals surface area (Å²) in [6.07, 6.45) is 2.24. The fourth-order valence-electron chi connectivity index (χ4n) is 3.36. The third kappa shape index (κ3) is 4.65. The van der Waals surface area contributed by atoms with Gasteiger partial charge in [0.15, 0.2) is 5.82 Å². The molecule has 0 unspecified atom stereocenters. The third-order valence-electron chi connectivity index (χ3n) is 5.23. The maximum atomic E-state index is 12.2. The van der Waals surface area contributed by atoms with E-state index in [9.17, 15) is 4.79 Å². The van der Waals surface area contributed by atoms with Gasteiger partial charge in [0.1, 0.15) is 11.5 Å². The molecule has 4 aromatic rings. The molecule has 2 aromatic carbocycles. The number of hydrogen-bond donors (Lipinski definition) is 2. The normalized spacial score (nSPS) is 13.2. The highest BCUT2D eigenvalue weighted by molar-refractivity contribution is 6.30. The van der Waals surface area contributed by atoms with E-state index in [0.717, 1.165) is 41.2 Å². The summed E-state index contributed by atoms with van der Waals surface area (Å²) >= 11 is 5.92. The van der Waals surface area contributed by atoms with E-state index in [4.69, 9.17) is 16.0 Å². The Labute approximate surface area is 189 Å². The zero-order valence-corrected chi connectivity index (χ0v) is 17.9. The number of anilines is 1. The van der Waals surface area contributed by atoms with E-state index in [-0.39, 0.29) is 12.5 Å². The molecular formula is C23H21ClN6O2. The Morgan fingerprint density at radius 1 is 1.03 bits per heavy atom. The Morgan fingerprint density at radius 3 is 2.53 bits per heavy atom. The first-order valence-electron chi connectivity index (χ1n) is 10.4. The van der Waals surface area contributed by atoms with Gasteiger partial charge in [-0.25, -0.2) is 4.68 Å². The molecule has 1 fully saturated rings. The first kappa shape index (κ1) is 20.3. The number of carbonyl (C=O) groups excluding carboxylic acids is 1. The predicted octanol–water partition coefficient (Wildman–Crippen LogP) is 4.32. The highest BCUT2D eigenvalue weighted by atomic mass is 35.5. The number of nitrogens with one attached hydrogen (secondary N) is 2. The van der Waals surface area contributed by atoms with E-state index in [1.54, 1.807) is 0 Å². The maximum Gasteiger partial charge on any atom is 0.239 e. The molecule has 1 saturated carbocycles. The van der Waals surface area contributed by atoms with E-state index in [1.165, 1.54) is 0 Å². The summed E-state index contributed by atoms with van der Waals surface area (Å²) in [5, 5.41) is 18.7. The van der Waals surface area contributed by atoms with E-state index in [1.807, 2.05) is 65.3 Å². The summed E-state index contributed by atoms with van der Waals surface area (Å²) in [5.74, 6) is 2.06. The monoisotopic (exact) mass is 448 g/mol. The van der Waals surface area contributed by atoms with Crippen molar-refractivity contribution in [3.63, 3.8) is 0 Å². The lowest BCUT2D eigenvalue weighted by Gasteiger charge is -2.08. The Morgan fingerprint density at radius 2 is 1.78 bits per heavy atom. The molecule has 0 saturated heterocycles. The summed E-state index contributed by atoms with van der Waals surface area (Å²) in [6, 6.07) is 19.3. The highest BCUT2D eigenvalue weighted by Crippen LogP contribution is 2.36. The van der Waals surface area contributed by atoms with E-state index >= 15 is 0 Å². The Hall–Kier alpha value is -3.65. The van der Waals surface area contributed by atoms with Crippen LogP contribution in [0.1, 0.15) is 24.6 Å². The van der Waals surface area contributed by atoms with E-state index in [0.29, 0.717) is 23.4 Å². The standard InChI is InChI=1S/C23H21ClN6O2/c24-17-5-1-15(2-6-17)21-12-11-20(32-21)13-26-22(31)14-25-18-7-3-16(4-8-18)23-27-28-29-30(23)19-9-10-19/h1-8,11-12,19,25H,9-10,13-14H2,(H,26,31). The number of hydrogen-bond acceptors (Lipinski definition) is 6. The quantitative estimate of drug-likeness (QED) is 0.416. The number of amides is 1. The average Bonchev–Trinajstić information content (AvgIpc) is 3.34. The van der Waals surface area contributed by atoms with Gasteiger partial charge in [0.25, 0.3) is 0 Å². The fourth-order valence-corrected chi connectivity index (χ4v) is 3.48. The zero-order valence-electron chi connectivity index (χ0n) is 17.2. The van der Waals surface area contributed by atoms with Crippen LogP contribution in [0.2, 0.25) is 5.02 Å². The van der Waals surface area contributed by atoms with Crippen molar-refractivity contribution < 1.29 is 9.21 Å². The molecule has 0 radical (unpaired) electrons. The topological polar surface area (TPSA) is 97.9 Å². The molecule has 0 atom stereocenters.